The number of carbonyl (C=O) groups is 6. The van der Waals surface area contributed by atoms with Gasteiger partial charge in [-0.05, 0) is 42.7 Å². The molecule has 0 aromatic heterocycles. The Kier molecular flexibility index (Phi) is 17.6. The maximum absolute atomic E-state index is 13.7. The number of nitrogens with two attached hydrogens (primary N) is 3. The minimum atomic E-state index is -1.44. The zero-order valence-electron chi connectivity index (χ0n) is 28.9. The third-order valence-corrected chi connectivity index (χ3v) is 8.18. The average molecular weight is 711 g/mol. The van der Waals surface area contributed by atoms with E-state index in [0.717, 1.165) is 5.56 Å². The molecule has 0 saturated heterocycles. The van der Waals surface area contributed by atoms with Gasteiger partial charge in [-0.2, -0.15) is 0 Å². The number of amides is 4. The summed E-state index contributed by atoms with van der Waals surface area (Å²) in [4.78, 5) is 81.3. The SMILES string of the molecule is CC[C@H](C)[C@H](NC(=O)[C@@H](N)Cc1ccccc1)C(=O)N[C@@H](CCC(=O)O)C(=O)N[C@@H](CCCN=C(N)N)C(=O)N[C@@H](Cc1ccccc1)C(=O)O. The molecule has 2 aromatic rings. The predicted molar refractivity (Wildman–Crippen MR) is 190 cm³/mol. The van der Waals surface area contributed by atoms with E-state index in [4.69, 9.17) is 17.2 Å². The fourth-order valence-electron chi connectivity index (χ4n) is 5.09. The summed E-state index contributed by atoms with van der Waals surface area (Å²) in [6, 6.07) is 11.5. The van der Waals surface area contributed by atoms with Gasteiger partial charge in [0.05, 0.1) is 6.04 Å². The maximum atomic E-state index is 13.7. The molecular formula is C35H50N8O8. The van der Waals surface area contributed by atoms with E-state index in [1.165, 1.54) is 0 Å². The second-order valence-electron chi connectivity index (χ2n) is 12.3. The summed E-state index contributed by atoms with van der Waals surface area (Å²) in [5.41, 5.74) is 18.4. The number of aliphatic imine (C=N–C) groups is 1. The molecule has 0 saturated carbocycles. The monoisotopic (exact) mass is 710 g/mol. The molecule has 0 aliphatic carbocycles. The van der Waals surface area contributed by atoms with E-state index in [2.05, 4.69) is 26.3 Å². The van der Waals surface area contributed by atoms with Crippen molar-refractivity contribution in [1.29, 1.82) is 0 Å². The van der Waals surface area contributed by atoms with Crippen LogP contribution in [-0.4, -0.2) is 88.5 Å². The molecule has 0 heterocycles. The zero-order chi connectivity index (χ0) is 37.9. The lowest BCUT2D eigenvalue weighted by molar-refractivity contribution is -0.142. The van der Waals surface area contributed by atoms with Gasteiger partial charge in [-0.15, -0.1) is 0 Å². The fourth-order valence-corrected chi connectivity index (χ4v) is 5.09. The van der Waals surface area contributed by atoms with Crippen LogP contribution >= 0.6 is 0 Å². The van der Waals surface area contributed by atoms with Crippen LogP contribution in [0, 0.1) is 5.92 Å². The lowest BCUT2D eigenvalue weighted by atomic mass is 9.96. The molecule has 4 amide bonds. The van der Waals surface area contributed by atoms with Crippen LogP contribution in [0.5, 0.6) is 0 Å². The number of hydrogen-bond acceptors (Lipinski definition) is 8. The summed E-state index contributed by atoms with van der Waals surface area (Å²) in [5.74, 6) is -6.19. The first-order valence-electron chi connectivity index (χ1n) is 16.8. The highest BCUT2D eigenvalue weighted by molar-refractivity contribution is 5.95. The number of carbonyl (C=O) groups excluding carboxylic acids is 4. The Hall–Kier alpha value is -5.51. The van der Waals surface area contributed by atoms with E-state index in [9.17, 15) is 39.0 Å². The maximum Gasteiger partial charge on any atom is 0.326 e. The second kappa shape index (κ2) is 21.5. The summed E-state index contributed by atoms with van der Waals surface area (Å²) in [6.07, 6.45) is -0.0574. The fraction of sp³-hybridized carbons (Fsp3) is 0.457. The molecule has 16 heteroatoms. The van der Waals surface area contributed by atoms with E-state index in [-0.39, 0.29) is 44.6 Å². The second-order valence-corrected chi connectivity index (χ2v) is 12.3. The third kappa shape index (κ3) is 15.3. The van der Waals surface area contributed by atoms with E-state index < -0.39 is 78.1 Å². The number of benzene rings is 2. The first-order valence-corrected chi connectivity index (χ1v) is 16.8. The zero-order valence-corrected chi connectivity index (χ0v) is 28.9. The van der Waals surface area contributed by atoms with E-state index >= 15 is 0 Å². The molecule has 16 nitrogen and oxygen atoms in total. The Morgan fingerprint density at radius 3 is 1.73 bits per heavy atom. The van der Waals surface area contributed by atoms with Crippen molar-refractivity contribution in [3.8, 4) is 0 Å². The van der Waals surface area contributed by atoms with E-state index in [0.29, 0.717) is 12.0 Å². The molecule has 51 heavy (non-hydrogen) atoms. The Labute approximate surface area is 297 Å². The van der Waals surface area contributed by atoms with Crippen LogP contribution < -0.4 is 38.5 Å². The van der Waals surface area contributed by atoms with Crippen molar-refractivity contribution in [2.45, 2.75) is 89.0 Å². The van der Waals surface area contributed by atoms with Crippen molar-refractivity contribution >= 4 is 41.5 Å². The number of carboxylic acid groups (broad SMARTS) is 2. The van der Waals surface area contributed by atoms with Gasteiger partial charge in [0.15, 0.2) is 5.96 Å². The lowest BCUT2D eigenvalue weighted by Gasteiger charge is -2.28. The summed E-state index contributed by atoms with van der Waals surface area (Å²) in [5, 5.41) is 29.4. The Morgan fingerprint density at radius 1 is 0.706 bits per heavy atom. The molecule has 0 bridgehead atoms. The quantitative estimate of drug-likeness (QED) is 0.0438. The average Bonchev–Trinajstić information content (AvgIpc) is 3.09. The molecule has 0 aliphatic heterocycles. The number of nitrogens with zero attached hydrogens (tertiary/aromatic N) is 1. The third-order valence-electron chi connectivity index (χ3n) is 8.18. The van der Waals surface area contributed by atoms with Gasteiger partial charge in [0.1, 0.15) is 24.2 Å². The summed E-state index contributed by atoms with van der Waals surface area (Å²) < 4.78 is 0. The first kappa shape index (κ1) is 41.7. The van der Waals surface area contributed by atoms with Crippen molar-refractivity contribution in [3.05, 3.63) is 71.8 Å². The molecule has 0 radical (unpaired) electrons. The predicted octanol–water partition coefficient (Wildman–Crippen LogP) is -0.213. The van der Waals surface area contributed by atoms with Gasteiger partial charge in [0, 0.05) is 19.4 Å². The molecule has 0 spiro atoms. The molecule has 2 aromatic carbocycles. The van der Waals surface area contributed by atoms with Gasteiger partial charge >= 0.3 is 11.9 Å². The molecule has 2 rings (SSSR count). The van der Waals surface area contributed by atoms with Crippen molar-refractivity contribution in [1.82, 2.24) is 21.3 Å². The van der Waals surface area contributed by atoms with Crippen molar-refractivity contribution in [3.63, 3.8) is 0 Å². The molecular weight excluding hydrogens is 660 g/mol. The molecule has 6 atom stereocenters. The van der Waals surface area contributed by atoms with Crippen LogP contribution in [0.2, 0.25) is 0 Å². The van der Waals surface area contributed by atoms with E-state index in [1.54, 1.807) is 37.3 Å². The van der Waals surface area contributed by atoms with Gasteiger partial charge < -0.3 is 48.7 Å². The van der Waals surface area contributed by atoms with Crippen LogP contribution in [0.4, 0.5) is 0 Å². The number of carboxylic acids is 2. The topological polar surface area (TPSA) is 281 Å². The highest BCUT2D eigenvalue weighted by Crippen LogP contribution is 2.12. The number of aliphatic carboxylic acids is 2. The van der Waals surface area contributed by atoms with Gasteiger partial charge in [-0.3, -0.25) is 29.0 Å². The first-order chi connectivity index (χ1) is 24.2. The Bertz CT molecular complexity index is 1490. The molecule has 278 valence electrons. The Morgan fingerprint density at radius 2 is 1.22 bits per heavy atom. The van der Waals surface area contributed by atoms with E-state index in [1.807, 2.05) is 37.3 Å². The van der Waals surface area contributed by atoms with Crippen molar-refractivity contribution in [2.75, 3.05) is 6.54 Å². The Balaban J connectivity index is 2.27. The highest BCUT2D eigenvalue weighted by atomic mass is 16.4. The van der Waals surface area contributed by atoms with Crippen LogP contribution in [0.1, 0.15) is 57.1 Å². The van der Waals surface area contributed by atoms with Crippen LogP contribution in [0.3, 0.4) is 0 Å². The molecule has 0 aliphatic rings. The summed E-state index contributed by atoms with van der Waals surface area (Å²) in [6.45, 7) is 3.63. The van der Waals surface area contributed by atoms with Crippen LogP contribution in [0.25, 0.3) is 0 Å². The van der Waals surface area contributed by atoms with Gasteiger partial charge in [-0.1, -0.05) is 80.9 Å². The molecule has 0 unspecified atom stereocenters. The number of rotatable bonds is 22. The van der Waals surface area contributed by atoms with Crippen molar-refractivity contribution in [2.24, 2.45) is 28.1 Å². The van der Waals surface area contributed by atoms with Crippen LogP contribution in [-0.2, 0) is 41.6 Å². The van der Waals surface area contributed by atoms with Gasteiger partial charge in [-0.25, -0.2) is 4.79 Å². The minimum Gasteiger partial charge on any atom is -0.481 e. The molecule has 0 fully saturated rings. The largest absolute Gasteiger partial charge is 0.481 e. The van der Waals surface area contributed by atoms with Crippen LogP contribution in [0.15, 0.2) is 65.7 Å². The van der Waals surface area contributed by atoms with Gasteiger partial charge in [0.2, 0.25) is 23.6 Å². The smallest absolute Gasteiger partial charge is 0.326 e. The highest BCUT2D eigenvalue weighted by Gasteiger charge is 2.33. The normalized spacial score (nSPS) is 14.3. The van der Waals surface area contributed by atoms with Gasteiger partial charge in [0.25, 0.3) is 0 Å². The minimum absolute atomic E-state index is 0.0313. The standard InChI is InChI=1S/C35H50N8O8/c1-3-21(2)29(43-30(46)24(36)19-22-11-6-4-7-12-22)33(49)41-26(16-17-28(44)45)32(48)40-25(15-10-18-39-35(37)38)31(47)42-27(34(50)51)20-23-13-8-5-9-14-23/h4-9,11-14,21,24-27,29H,3,10,15-20,36H2,1-2H3,(H,40,48)(H,41,49)(H,42,47)(H,43,46)(H,44,45)(H,50,51)(H4,37,38,39)/t21-,24-,25-,26-,27-,29-/m0/s1. The number of hydrogen-bond donors (Lipinski definition) is 9. The van der Waals surface area contributed by atoms with Crippen molar-refractivity contribution < 1.29 is 39.0 Å². The number of nitrogens with one attached hydrogen (secondary N) is 4. The lowest BCUT2D eigenvalue weighted by Crippen LogP contribution is -2.59. The summed E-state index contributed by atoms with van der Waals surface area (Å²) >= 11 is 0. The molecule has 12 N–H and O–H groups in total. The number of guanidine groups is 1. The summed E-state index contributed by atoms with van der Waals surface area (Å²) in [7, 11) is 0.